The third kappa shape index (κ3) is 4.79. The zero-order valence-electron chi connectivity index (χ0n) is 11.1. The number of amides is 1. The van der Waals surface area contributed by atoms with Crippen LogP contribution in [0.15, 0.2) is 18.2 Å². The molecule has 1 atom stereocenters. The number of nitrogens with one attached hydrogen (secondary N) is 1. The quantitative estimate of drug-likeness (QED) is 0.654. The number of hydrogen-bond acceptors (Lipinski definition) is 4. The molecular formula is C13H17ClN2O3. The second-order valence-corrected chi connectivity index (χ2v) is 4.92. The van der Waals surface area contributed by atoms with Gasteiger partial charge in [-0.15, -0.1) is 0 Å². The fourth-order valence-corrected chi connectivity index (χ4v) is 1.66. The number of ether oxygens (including phenoxy) is 1. The Balaban J connectivity index is 2.71. The van der Waals surface area contributed by atoms with Crippen molar-refractivity contribution in [2.45, 2.75) is 32.9 Å². The highest BCUT2D eigenvalue weighted by Gasteiger charge is 2.19. The molecule has 0 aliphatic carbocycles. The van der Waals surface area contributed by atoms with Crippen LogP contribution >= 0.6 is 11.6 Å². The van der Waals surface area contributed by atoms with E-state index >= 15 is 0 Å². The van der Waals surface area contributed by atoms with Gasteiger partial charge in [0.25, 0.3) is 5.91 Å². The van der Waals surface area contributed by atoms with E-state index in [2.05, 4.69) is 5.32 Å². The fourth-order valence-electron chi connectivity index (χ4n) is 1.41. The summed E-state index contributed by atoms with van der Waals surface area (Å²) in [6.45, 7) is 5.15. The van der Waals surface area contributed by atoms with Gasteiger partial charge in [-0.3, -0.25) is 4.79 Å². The number of carbonyl (C=O) groups is 2. The summed E-state index contributed by atoms with van der Waals surface area (Å²) in [5.74, 6) is -0.987. The summed E-state index contributed by atoms with van der Waals surface area (Å²) in [5.41, 5.74) is 6.16. The molecule has 1 aromatic rings. The van der Waals surface area contributed by atoms with Crippen molar-refractivity contribution in [3.05, 3.63) is 28.8 Å². The SMILES string of the molecule is CC(C)NC(=O)C(C)OC(=O)c1cc(N)cc(Cl)c1. The van der Waals surface area contributed by atoms with Gasteiger partial charge in [-0.2, -0.15) is 0 Å². The van der Waals surface area contributed by atoms with Crippen molar-refractivity contribution in [2.24, 2.45) is 0 Å². The minimum absolute atomic E-state index is 0.0181. The van der Waals surface area contributed by atoms with Crippen LogP contribution in [0.4, 0.5) is 5.69 Å². The van der Waals surface area contributed by atoms with E-state index < -0.39 is 12.1 Å². The van der Waals surface area contributed by atoms with Gasteiger partial charge in [-0.05, 0) is 39.0 Å². The molecule has 0 bridgehead atoms. The van der Waals surface area contributed by atoms with Crippen LogP contribution in [0.3, 0.4) is 0 Å². The first-order chi connectivity index (χ1) is 8.79. The molecule has 0 aromatic heterocycles. The van der Waals surface area contributed by atoms with Gasteiger partial charge in [0, 0.05) is 16.8 Å². The lowest BCUT2D eigenvalue weighted by molar-refractivity contribution is -0.129. The number of nitrogens with two attached hydrogens (primary N) is 1. The number of hydrogen-bond donors (Lipinski definition) is 2. The molecular weight excluding hydrogens is 268 g/mol. The Morgan fingerprint density at radius 2 is 1.89 bits per heavy atom. The van der Waals surface area contributed by atoms with E-state index in [-0.39, 0.29) is 17.5 Å². The summed E-state index contributed by atoms with van der Waals surface area (Å²) >= 11 is 5.80. The predicted octanol–water partition coefficient (Wildman–Crippen LogP) is 1.99. The van der Waals surface area contributed by atoms with Crippen LogP contribution in [-0.2, 0) is 9.53 Å². The monoisotopic (exact) mass is 284 g/mol. The molecule has 0 aliphatic rings. The highest BCUT2D eigenvalue weighted by molar-refractivity contribution is 6.31. The second-order valence-electron chi connectivity index (χ2n) is 4.48. The minimum atomic E-state index is -0.880. The molecule has 0 fully saturated rings. The maximum Gasteiger partial charge on any atom is 0.339 e. The van der Waals surface area contributed by atoms with Crippen molar-refractivity contribution in [3.63, 3.8) is 0 Å². The summed E-state index contributed by atoms with van der Waals surface area (Å²) in [6.07, 6.45) is -0.880. The molecule has 1 rings (SSSR count). The van der Waals surface area contributed by atoms with Crippen LogP contribution in [0, 0.1) is 0 Å². The van der Waals surface area contributed by atoms with Crippen molar-refractivity contribution in [1.82, 2.24) is 5.32 Å². The molecule has 1 amide bonds. The Kier molecular flexibility index (Phi) is 5.18. The van der Waals surface area contributed by atoms with Gasteiger partial charge in [0.05, 0.1) is 5.56 Å². The lowest BCUT2D eigenvalue weighted by Gasteiger charge is -2.15. The molecule has 0 aliphatic heterocycles. The molecule has 0 saturated carbocycles. The summed E-state index contributed by atoms with van der Waals surface area (Å²) in [4.78, 5) is 23.4. The Hall–Kier alpha value is -1.75. The minimum Gasteiger partial charge on any atom is -0.449 e. The first-order valence-corrected chi connectivity index (χ1v) is 6.25. The molecule has 5 nitrogen and oxygen atoms in total. The van der Waals surface area contributed by atoms with Crippen molar-refractivity contribution in [3.8, 4) is 0 Å². The lowest BCUT2D eigenvalue weighted by atomic mass is 10.2. The van der Waals surface area contributed by atoms with Gasteiger partial charge in [-0.1, -0.05) is 11.6 Å². The van der Waals surface area contributed by atoms with Crippen LogP contribution in [0.1, 0.15) is 31.1 Å². The molecule has 0 saturated heterocycles. The lowest BCUT2D eigenvalue weighted by Crippen LogP contribution is -2.39. The Labute approximate surface area is 117 Å². The second kappa shape index (κ2) is 6.43. The van der Waals surface area contributed by atoms with Crippen LogP contribution in [0.5, 0.6) is 0 Å². The van der Waals surface area contributed by atoms with E-state index in [0.29, 0.717) is 10.7 Å². The number of esters is 1. The van der Waals surface area contributed by atoms with Gasteiger partial charge in [-0.25, -0.2) is 4.79 Å². The normalized spacial score (nSPS) is 12.1. The Bertz CT molecular complexity index is 469. The molecule has 6 heteroatoms. The standard InChI is InChI=1S/C13H17ClN2O3/c1-7(2)16-12(17)8(3)19-13(18)9-4-10(14)6-11(15)5-9/h4-8H,15H2,1-3H3,(H,16,17). The number of anilines is 1. The van der Waals surface area contributed by atoms with Crippen molar-refractivity contribution in [2.75, 3.05) is 5.73 Å². The molecule has 0 heterocycles. The van der Waals surface area contributed by atoms with Crippen molar-refractivity contribution < 1.29 is 14.3 Å². The smallest absolute Gasteiger partial charge is 0.339 e. The van der Waals surface area contributed by atoms with E-state index in [1.807, 2.05) is 13.8 Å². The average molecular weight is 285 g/mol. The fraction of sp³-hybridized carbons (Fsp3) is 0.385. The predicted molar refractivity (Wildman–Crippen MR) is 74.0 cm³/mol. The number of nitrogen functional groups attached to an aromatic ring is 1. The molecule has 0 radical (unpaired) electrons. The van der Waals surface area contributed by atoms with Crippen molar-refractivity contribution >= 4 is 29.2 Å². The van der Waals surface area contributed by atoms with Gasteiger partial charge in [0.15, 0.2) is 6.10 Å². The van der Waals surface area contributed by atoms with Gasteiger partial charge >= 0.3 is 5.97 Å². The topological polar surface area (TPSA) is 81.4 Å². The molecule has 1 unspecified atom stereocenters. The summed E-state index contributed by atoms with van der Waals surface area (Å²) in [6, 6.07) is 4.39. The van der Waals surface area contributed by atoms with Gasteiger partial charge in [0.1, 0.15) is 0 Å². The Morgan fingerprint density at radius 1 is 1.26 bits per heavy atom. The molecule has 1 aromatic carbocycles. The van der Waals surface area contributed by atoms with Crippen LogP contribution < -0.4 is 11.1 Å². The van der Waals surface area contributed by atoms with Crippen LogP contribution in [0.2, 0.25) is 5.02 Å². The largest absolute Gasteiger partial charge is 0.449 e. The van der Waals surface area contributed by atoms with Crippen LogP contribution in [-0.4, -0.2) is 24.0 Å². The maximum atomic E-state index is 11.8. The zero-order chi connectivity index (χ0) is 14.6. The maximum absolute atomic E-state index is 11.8. The zero-order valence-corrected chi connectivity index (χ0v) is 11.8. The van der Waals surface area contributed by atoms with Crippen LogP contribution in [0.25, 0.3) is 0 Å². The van der Waals surface area contributed by atoms with E-state index in [9.17, 15) is 9.59 Å². The van der Waals surface area contributed by atoms with E-state index in [4.69, 9.17) is 22.1 Å². The average Bonchev–Trinajstić information content (AvgIpc) is 2.26. The number of rotatable bonds is 4. The first kappa shape index (κ1) is 15.3. The Morgan fingerprint density at radius 3 is 2.42 bits per heavy atom. The number of halogens is 1. The molecule has 104 valence electrons. The molecule has 0 spiro atoms. The highest BCUT2D eigenvalue weighted by Crippen LogP contribution is 2.17. The highest BCUT2D eigenvalue weighted by atomic mass is 35.5. The van der Waals surface area contributed by atoms with E-state index in [1.165, 1.54) is 25.1 Å². The number of benzene rings is 1. The van der Waals surface area contributed by atoms with Crippen molar-refractivity contribution in [1.29, 1.82) is 0 Å². The summed E-state index contributed by atoms with van der Waals surface area (Å²) in [5, 5.41) is 2.99. The number of carbonyl (C=O) groups excluding carboxylic acids is 2. The summed E-state index contributed by atoms with van der Waals surface area (Å²) < 4.78 is 5.04. The summed E-state index contributed by atoms with van der Waals surface area (Å²) in [7, 11) is 0. The van der Waals surface area contributed by atoms with Gasteiger partial charge in [0.2, 0.25) is 0 Å². The van der Waals surface area contributed by atoms with Gasteiger partial charge < -0.3 is 15.8 Å². The van der Waals surface area contributed by atoms with E-state index in [0.717, 1.165) is 0 Å². The molecule has 19 heavy (non-hydrogen) atoms. The first-order valence-electron chi connectivity index (χ1n) is 5.87. The van der Waals surface area contributed by atoms with E-state index in [1.54, 1.807) is 0 Å². The molecule has 3 N–H and O–H groups in total. The third-order valence-corrected chi connectivity index (χ3v) is 2.46. The third-order valence-electron chi connectivity index (χ3n) is 2.24.